The third-order valence-electron chi connectivity index (χ3n) is 4.49. The third-order valence-corrected chi connectivity index (χ3v) is 4.49. The highest BCUT2D eigenvalue weighted by atomic mass is 14.9. The van der Waals surface area contributed by atoms with Gasteiger partial charge in [0.2, 0.25) is 5.69 Å². The second-order valence-electron chi connectivity index (χ2n) is 6.14. The number of pyridine rings is 2. The van der Waals surface area contributed by atoms with Crippen LogP contribution in [0.4, 0.5) is 0 Å². The van der Waals surface area contributed by atoms with Crippen LogP contribution in [0.2, 0.25) is 0 Å². The molecule has 0 N–H and O–H groups in total. The third kappa shape index (κ3) is 2.56. The molecule has 0 saturated heterocycles. The molecule has 116 valence electrons. The van der Waals surface area contributed by atoms with E-state index in [-0.39, 0.29) is 0 Å². The Morgan fingerprint density at radius 3 is 2.54 bits per heavy atom. The highest BCUT2D eigenvalue weighted by molar-refractivity contribution is 5.84. The molecule has 0 unspecified atom stereocenters. The van der Waals surface area contributed by atoms with Crippen LogP contribution in [0.15, 0.2) is 79.1 Å². The lowest BCUT2D eigenvalue weighted by Crippen LogP contribution is -2.30. The Labute approximate surface area is 142 Å². The van der Waals surface area contributed by atoms with E-state index in [9.17, 15) is 0 Å². The van der Waals surface area contributed by atoms with Crippen LogP contribution in [-0.2, 0) is 7.05 Å². The van der Waals surface area contributed by atoms with Crippen LogP contribution in [0, 0.1) is 6.92 Å². The zero-order valence-electron chi connectivity index (χ0n) is 13.9. The first kappa shape index (κ1) is 14.6. The molecule has 0 aliphatic rings. The van der Waals surface area contributed by atoms with Crippen molar-refractivity contribution in [2.24, 2.45) is 7.05 Å². The molecule has 24 heavy (non-hydrogen) atoms. The van der Waals surface area contributed by atoms with Crippen LogP contribution < -0.4 is 4.57 Å². The molecular formula is C22H19N2+. The molecule has 2 aromatic heterocycles. The first-order valence-electron chi connectivity index (χ1n) is 8.13. The Morgan fingerprint density at radius 1 is 0.833 bits per heavy atom. The minimum Gasteiger partial charge on any atom is -0.256 e. The Morgan fingerprint density at radius 2 is 1.67 bits per heavy atom. The minimum atomic E-state index is 1.03. The highest BCUT2D eigenvalue weighted by Crippen LogP contribution is 2.28. The first-order valence-corrected chi connectivity index (χ1v) is 8.13. The molecule has 0 spiro atoms. The fourth-order valence-corrected chi connectivity index (χ4v) is 3.11. The zero-order valence-corrected chi connectivity index (χ0v) is 13.9. The van der Waals surface area contributed by atoms with Crippen LogP contribution in [-0.4, -0.2) is 4.98 Å². The molecule has 4 rings (SSSR count). The number of aryl methyl sites for hydroxylation is 2. The number of rotatable bonds is 2. The molecule has 0 saturated carbocycles. The van der Waals surface area contributed by atoms with E-state index in [1.54, 1.807) is 0 Å². The molecule has 0 aliphatic carbocycles. The van der Waals surface area contributed by atoms with Crippen LogP contribution in [0.25, 0.3) is 33.3 Å². The fraction of sp³-hybridized carbons (Fsp3) is 0.0909. The Hall–Kier alpha value is -3.00. The van der Waals surface area contributed by atoms with Gasteiger partial charge in [0.1, 0.15) is 7.05 Å². The zero-order chi connectivity index (χ0) is 16.5. The molecule has 0 bridgehead atoms. The predicted molar refractivity (Wildman–Crippen MR) is 98.5 cm³/mol. The second-order valence-corrected chi connectivity index (χ2v) is 6.14. The summed E-state index contributed by atoms with van der Waals surface area (Å²) in [6.45, 7) is 2.16. The number of hydrogen-bond donors (Lipinski definition) is 0. The minimum absolute atomic E-state index is 1.03. The van der Waals surface area contributed by atoms with Gasteiger partial charge in [-0.05, 0) is 42.3 Å². The van der Waals surface area contributed by atoms with Crippen LogP contribution >= 0.6 is 0 Å². The number of nitrogens with zero attached hydrogens (tertiary/aromatic N) is 2. The van der Waals surface area contributed by atoms with Crippen molar-refractivity contribution in [3.63, 3.8) is 0 Å². The Kier molecular flexibility index (Phi) is 3.58. The van der Waals surface area contributed by atoms with Crippen molar-refractivity contribution < 1.29 is 4.57 Å². The van der Waals surface area contributed by atoms with Crippen molar-refractivity contribution in [3.8, 4) is 22.4 Å². The fourth-order valence-electron chi connectivity index (χ4n) is 3.11. The van der Waals surface area contributed by atoms with Gasteiger partial charge < -0.3 is 0 Å². The van der Waals surface area contributed by atoms with Crippen LogP contribution in [0.5, 0.6) is 0 Å². The van der Waals surface area contributed by atoms with Gasteiger partial charge in [0.25, 0.3) is 0 Å². The van der Waals surface area contributed by atoms with Crippen molar-refractivity contribution in [1.82, 2.24) is 4.98 Å². The molecule has 2 nitrogen and oxygen atoms in total. The van der Waals surface area contributed by atoms with E-state index in [0.717, 1.165) is 11.1 Å². The summed E-state index contributed by atoms with van der Waals surface area (Å²) in [5.74, 6) is 0. The van der Waals surface area contributed by atoms with Gasteiger partial charge in [-0.25, -0.2) is 4.57 Å². The first-order chi connectivity index (χ1) is 11.7. The summed E-state index contributed by atoms with van der Waals surface area (Å²) in [7, 11) is 2.08. The van der Waals surface area contributed by atoms with Gasteiger partial charge in [0.15, 0.2) is 6.20 Å². The maximum Gasteiger partial charge on any atom is 0.212 e. The molecule has 0 atom stereocenters. The van der Waals surface area contributed by atoms with Crippen molar-refractivity contribution in [1.29, 1.82) is 0 Å². The topological polar surface area (TPSA) is 16.8 Å². The molecule has 0 amide bonds. The lowest BCUT2D eigenvalue weighted by molar-refractivity contribution is -0.660. The summed E-state index contributed by atoms with van der Waals surface area (Å²) >= 11 is 0. The van der Waals surface area contributed by atoms with Crippen molar-refractivity contribution in [2.45, 2.75) is 6.92 Å². The summed E-state index contributed by atoms with van der Waals surface area (Å²) < 4.78 is 2.16. The van der Waals surface area contributed by atoms with Gasteiger partial charge in [0.05, 0.1) is 5.52 Å². The molecule has 0 aliphatic heterocycles. The lowest BCUT2D eigenvalue weighted by Gasteiger charge is -2.09. The van der Waals surface area contributed by atoms with Crippen LogP contribution in [0.3, 0.4) is 0 Å². The van der Waals surface area contributed by atoms with Crippen molar-refractivity contribution >= 4 is 10.9 Å². The molecule has 0 fully saturated rings. The summed E-state index contributed by atoms with van der Waals surface area (Å²) in [6, 6.07) is 23.4. The second kappa shape index (κ2) is 5.89. The van der Waals surface area contributed by atoms with Crippen molar-refractivity contribution in [2.75, 3.05) is 0 Å². The van der Waals surface area contributed by atoms with E-state index in [1.807, 2.05) is 18.3 Å². The van der Waals surface area contributed by atoms with E-state index in [1.165, 1.54) is 27.8 Å². The SMILES string of the molecule is Cc1ccc(-c2cnc3ccccc3c2)cc1-c1cccc[n+]1C. The summed E-state index contributed by atoms with van der Waals surface area (Å²) in [5, 5.41) is 1.17. The van der Waals surface area contributed by atoms with E-state index in [4.69, 9.17) is 0 Å². The average molecular weight is 311 g/mol. The standard InChI is InChI=1S/C22H19N2/c1-16-10-11-17(14-20(16)22-9-5-6-12-24(22)2)19-13-18-7-3-4-8-21(18)23-15-19/h3-15H,1-2H3/q+1. The maximum absolute atomic E-state index is 4.59. The van der Waals surface area contributed by atoms with Gasteiger partial charge in [0, 0.05) is 34.8 Å². The number of fused-ring (bicyclic) bond motifs is 1. The Balaban J connectivity index is 1.87. The van der Waals surface area contributed by atoms with E-state index in [2.05, 4.69) is 84.3 Å². The highest BCUT2D eigenvalue weighted by Gasteiger charge is 2.13. The molecule has 4 aromatic rings. The molecular weight excluding hydrogens is 292 g/mol. The normalized spacial score (nSPS) is 10.9. The van der Waals surface area contributed by atoms with Gasteiger partial charge in [-0.2, -0.15) is 0 Å². The van der Waals surface area contributed by atoms with E-state index < -0.39 is 0 Å². The van der Waals surface area contributed by atoms with Gasteiger partial charge in [-0.1, -0.05) is 30.3 Å². The predicted octanol–water partition coefficient (Wildman–Crippen LogP) is 4.70. The monoisotopic (exact) mass is 311 g/mol. The molecule has 2 aromatic carbocycles. The molecule has 0 radical (unpaired) electrons. The van der Waals surface area contributed by atoms with Crippen molar-refractivity contribution in [3.05, 3.63) is 84.7 Å². The average Bonchev–Trinajstić information content (AvgIpc) is 2.62. The Bertz CT molecular complexity index is 1030. The number of aromatic nitrogens is 2. The van der Waals surface area contributed by atoms with Gasteiger partial charge in [-0.15, -0.1) is 0 Å². The smallest absolute Gasteiger partial charge is 0.212 e. The van der Waals surface area contributed by atoms with Gasteiger partial charge >= 0.3 is 0 Å². The van der Waals surface area contributed by atoms with Gasteiger partial charge in [-0.3, -0.25) is 4.98 Å². The lowest BCUT2D eigenvalue weighted by atomic mass is 9.97. The summed E-state index contributed by atoms with van der Waals surface area (Å²) in [6.07, 6.45) is 4.04. The van der Waals surface area contributed by atoms with E-state index in [0.29, 0.717) is 0 Å². The van der Waals surface area contributed by atoms with E-state index >= 15 is 0 Å². The molecule has 2 heteroatoms. The largest absolute Gasteiger partial charge is 0.256 e. The number of benzene rings is 2. The molecule has 2 heterocycles. The number of hydrogen-bond acceptors (Lipinski definition) is 1. The van der Waals surface area contributed by atoms with Crippen LogP contribution in [0.1, 0.15) is 5.56 Å². The summed E-state index contributed by atoms with van der Waals surface area (Å²) in [5.41, 5.74) is 7.11. The summed E-state index contributed by atoms with van der Waals surface area (Å²) in [4.78, 5) is 4.59. The number of para-hydroxylation sites is 1. The quantitative estimate of drug-likeness (QED) is 0.490. The maximum atomic E-state index is 4.59.